The van der Waals surface area contributed by atoms with Crippen molar-refractivity contribution in [3.05, 3.63) is 49.3 Å². The summed E-state index contributed by atoms with van der Waals surface area (Å²) in [7, 11) is 0. The number of aromatic amines is 1. The summed E-state index contributed by atoms with van der Waals surface area (Å²) in [6, 6.07) is 3.08. The van der Waals surface area contributed by atoms with Crippen LogP contribution in [0.15, 0.2) is 16.9 Å². The predicted molar refractivity (Wildman–Crippen MR) is 76.8 cm³/mol. The van der Waals surface area contributed by atoms with Gasteiger partial charge in [-0.25, -0.2) is 9.78 Å². The van der Waals surface area contributed by atoms with E-state index in [0.717, 1.165) is 11.3 Å². The van der Waals surface area contributed by atoms with E-state index in [2.05, 4.69) is 15.3 Å². The van der Waals surface area contributed by atoms with Gasteiger partial charge >= 0.3 is 5.97 Å². The molecule has 8 heteroatoms. The lowest BCUT2D eigenvalue weighted by molar-refractivity contribution is 0.0701. The van der Waals surface area contributed by atoms with Crippen LogP contribution >= 0.6 is 11.3 Å². The third-order valence-electron chi connectivity index (χ3n) is 2.74. The summed E-state index contributed by atoms with van der Waals surface area (Å²) in [5.41, 5.74) is 0.615. The minimum absolute atomic E-state index is 0.00679. The van der Waals surface area contributed by atoms with Crippen LogP contribution in [-0.2, 0) is 6.54 Å². The molecule has 110 valence electrons. The molecule has 0 atom stereocenters. The number of carboxylic acid groups (broad SMARTS) is 1. The lowest BCUT2D eigenvalue weighted by Gasteiger charge is -2.02. The molecule has 0 saturated carbocycles. The Balaban J connectivity index is 2.09. The van der Waals surface area contributed by atoms with E-state index in [9.17, 15) is 14.4 Å². The Hall–Kier alpha value is -2.48. The van der Waals surface area contributed by atoms with E-state index in [1.165, 1.54) is 6.07 Å². The van der Waals surface area contributed by atoms with Gasteiger partial charge in [0, 0.05) is 5.69 Å². The molecule has 2 aromatic rings. The highest BCUT2D eigenvalue weighted by Gasteiger charge is 2.15. The Kier molecular flexibility index (Phi) is 4.18. The maximum atomic E-state index is 11.9. The second-order valence-electron chi connectivity index (χ2n) is 4.39. The van der Waals surface area contributed by atoms with E-state index in [0.29, 0.717) is 16.4 Å². The molecule has 21 heavy (non-hydrogen) atoms. The minimum atomic E-state index is -1.04. The Morgan fingerprint density at radius 2 is 2.10 bits per heavy atom. The molecule has 0 radical (unpaired) electrons. The van der Waals surface area contributed by atoms with Crippen molar-refractivity contribution in [1.82, 2.24) is 15.3 Å². The van der Waals surface area contributed by atoms with E-state index in [1.807, 2.05) is 0 Å². The number of aromatic nitrogens is 2. The van der Waals surface area contributed by atoms with Gasteiger partial charge in [-0.15, -0.1) is 11.3 Å². The van der Waals surface area contributed by atoms with Crippen molar-refractivity contribution in [3.63, 3.8) is 0 Å². The van der Waals surface area contributed by atoms with Crippen LogP contribution in [0.25, 0.3) is 0 Å². The first-order chi connectivity index (χ1) is 9.88. The molecule has 0 aliphatic rings. The van der Waals surface area contributed by atoms with E-state index in [4.69, 9.17) is 5.11 Å². The highest BCUT2D eigenvalue weighted by Crippen LogP contribution is 2.17. The van der Waals surface area contributed by atoms with Crippen LogP contribution in [-0.4, -0.2) is 27.0 Å². The zero-order valence-corrected chi connectivity index (χ0v) is 12.2. The van der Waals surface area contributed by atoms with Gasteiger partial charge in [-0.3, -0.25) is 9.59 Å². The smallest absolute Gasteiger partial charge is 0.347 e. The highest BCUT2D eigenvalue weighted by atomic mass is 32.1. The van der Waals surface area contributed by atoms with Crippen molar-refractivity contribution < 1.29 is 14.7 Å². The quantitative estimate of drug-likeness (QED) is 0.782. The molecular formula is C13H13N3O4S. The molecule has 7 nitrogen and oxygen atoms in total. The van der Waals surface area contributed by atoms with Gasteiger partial charge in [-0.1, -0.05) is 0 Å². The SMILES string of the molecule is Cc1ccc(C(=O)NCc2nc(C)c(C(=O)O)s2)c(=O)[nH]1. The topological polar surface area (TPSA) is 112 Å². The fourth-order valence-corrected chi connectivity index (χ4v) is 2.57. The van der Waals surface area contributed by atoms with Crippen molar-refractivity contribution in [2.45, 2.75) is 20.4 Å². The number of thiazole rings is 1. The minimum Gasteiger partial charge on any atom is -0.477 e. The summed E-state index contributed by atoms with van der Waals surface area (Å²) in [5, 5.41) is 12.0. The van der Waals surface area contributed by atoms with E-state index < -0.39 is 17.4 Å². The third-order valence-corrected chi connectivity index (χ3v) is 3.88. The largest absolute Gasteiger partial charge is 0.477 e. The summed E-state index contributed by atoms with van der Waals surface area (Å²) < 4.78 is 0. The van der Waals surface area contributed by atoms with Gasteiger partial charge < -0.3 is 15.4 Å². The highest BCUT2D eigenvalue weighted by molar-refractivity contribution is 7.13. The first kappa shape index (κ1) is 14.9. The molecule has 0 bridgehead atoms. The molecule has 1 amide bonds. The van der Waals surface area contributed by atoms with Crippen LogP contribution in [0.2, 0.25) is 0 Å². The number of pyridine rings is 1. The number of hydrogen-bond acceptors (Lipinski definition) is 5. The molecule has 0 unspecified atom stereocenters. The Labute approximate surface area is 123 Å². The summed E-state index contributed by atoms with van der Waals surface area (Å²) in [6.07, 6.45) is 0. The van der Waals surface area contributed by atoms with Crippen LogP contribution in [0.3, 0.4) is 0 Å². The van der Waals surface area contributed by atoms with Crippen LogP contribution in [0.5, 0.6) is 0 Å². The Bertz CT molecular complexity index is 763. The molecule has 0 aromatic carbocycles. The van der Waals surface area contributed by atoms with Crippen molar-refractivity contribution in [3.8, 4) is 0 Å². The van der Waals surface area contributed by atoms with Gasteiger partial charge in [0.1, 0.15) is 15.4 Å². The average Bonchev–Trinajstić information content (AvgIpc) is 2.77. The number of H-pyrrole nitrogens is 1. The first-order valence-corrected chi connectivity index (χ1v) is 6.88. The normalized spacial score (nSPS) is 10.4. The van der Waals surface area contributed by atoms with Crippen molar-refractivity contribution in [2.75, 3.05) is 0 Å². The number of carbonyl (C=O) groups excluding carboxylic acids is 1. The Morgan fingerprint density at radius 1 is 1.38 bits per heavy atom. The van der Waals surface area contributed by atoms with Gasteiger partial charge in [0.25, 0.3) is 11.5 Å². The van der Waals surface area contributed by atoms with Crippen molar-refractivity contribution >= 4 is 23.2 Å². The first-order valence-electron chi connectivity index (χ1n) is 6.06. The zero-order valence-electron chi connectivity index (χ0n) is 11.4. The zero-order chi connectivity index (χ0) is 15.6. The fraction of sp³-hybridized carbons (Fsp3) is 0.231. The van der Waals surface area contributed by atoms with Crippen LogP contribution in [0.1, 0.15) is 36.4 Å². The maximum absolute atomic E-state index is 11.9. The number of nitrogens with zero attached hydrogens (tertiary/aromatic N) is 1. The lowest BCUT2D eigenvalue weighted by atomic mass is 10.2. The van der Waals surface area contributed by atoms with Crippen molar-refractivity contribution in [1.29, 1.82) is 0 Å². The summed E-state index contributed by atoms with van der Waals surface area (Å²) >= 11 is 1.00. The van der Waals surface area contributed by atoms with Crippen LogP contribution < -0.4 is 10.9 Å². The molecular weight excluding hydrogens is 294 g/mol. The molecule has 0 aliphatic carbocycles. The molecule has 2 heterocycles. The number of hydrogen-bond donors (Lipinski definition) is 3. The molecule has 2 rings (SSSR count). The number of rotatable bonds is 4. The Morgan fingerprint density at radius 3 is 2.67 bits per heavy atom. The molecule has 3 N–H and O–H groups in total. The molecule has 0 aliphatic heterocycles. The summed E-state index contributed by atoms with van der Waals surface area (Å²) in [4.78, 5) is 41.2. The summed E-state index contributed by atoms with van der Waals surface area (Å²) in [6.45, 7) is 3.38. The van der Waals surface area contributed by atoms with Gasteiger partial charge in [0.15, 0.2) is 0 Å². The molecule has 0 fully saturated rings. The standard InChI is InChI=1S/C13H13N3O4S/c1-6-3-4-8(12(18)15-6)11(17)14-5-9-16-7(2)10(21-9)13(19)20/h3-4H,5H2,1-2H3,(H,14,17)(H,15,18)(H,19,20). The second-order valence-corrected chi connectivity index (χ2v) is 5.48. The number of aromatic carboxylic acids is 1. The third kappa shape index (κ3) is 3.34. The molecule has 0 spiro atoms. The van der Waals surface area contributed by atoms with Crippen LogP contribution in [0.4, 0.5) is 0 Å². The van der Waals surface area contributed by atoms with Crippen LogP contribution in [0, 0.1) is 13.8 Å². The lowest BCUT2D eigenvalue weighted by Crippen LogP contribution is -2.29. The van der Waals surface area contributed by atoms with E-state index in [-0.39, 0.29) is 17.0 Å². The number of nitrogens with one attached hydrogen (secondary N) is 2. The van der Waals surface area contributed by atoms with Gasteiger partial charge in [-0.2, -0.15) is 0 Å². The van der Waals surface area contributed by atoms with Gasteiger partial charge in [-0.05, 0) is 26.0 Å². The number of carbonyl (C=O) groups is 2. The number of amides is 1. The molecule has 2 aromatic heterocycles. The fourth-order valence-electron chi connectivity index (χ4n) is 1.73. The van der Waals surface area contributed by atoms with E-state index >= 15 is 0 Å². The van der Waals surface area contributed by atoms with Gasteiger partial charge in [0.05, 0.1) is 12.2 Å². The monoisotopic (exact) mass is 307 g/mol. The van der Waals surface area contributed by atoms with E-state index in [1.54, 1.807) is 19.9 Å². The number of aryl methyl sites for hydroxylation is 2. The van der Waals surface area contributed by atoms with Gasteiger partial charge in [0.2, 0.25) is 0 Å². The second kappa shape index (κ2) is 5.88. The average molecular weight is 307 g/mol. The number of carboxylic acids is 1. The molecule has 0 saturated heterocycles. The van der Waals surface area contributed by atoms with Crippen molar-refractivity contribution in [2.24, 2.45) is 0 Å². The maximum Gasteiger partial charge on any atom is 0.347 e. The summed E-state index contributed by atoms with van der Waals surface area (Å²) in [5.74, 6) is -1.57. The predicted octanol–water partition coefficient (Wildman–Crippen LogP) is 1.08.